The molecule has 0 bridgehead atoms. The third kappa shape index (κ3) is 4.02. The van der Waals surface area contributed by atoms with Crippen molar-refractivity contribution in [3.8, 4) is 5.75 Å². The summed E-state index contributed by atoms with van der Waals surface area (Å²) in [5, 5.41) is 3.93. The maximum atomic E-state index is 12.3. The Balaban J connectivity index is 0.00000161. The van der Waals surface area contributed by atoms with Crippen molar-refractivity contribution in [3.63, 3.8) is 0 Å². The van der Waals surface area contributed by atoms with Crippen LogP contribution in [0.15, 0.2) is 24.3 Å². The monoisotopic (exact) mass is 330 g/mol. The number of halogens is 2. The molecule has 0 radical (unpaired) electrons. The molecule has 116 valence electrons. The molecule has 0 saturated carbocycles. The summed E-state index contributed by atoms with van der Waals surface area (Å²) in [5.74, 6) is 0.996. The first kappa shape index (κ1) is 16.4. The number of nitrogens with zero attached hydrogens (tertiary/aromatic N) is 1. The number of amides is 1. The number of likely N-dealkylation sites (tertiary alicyclic amines) is 1. The van der Waals surface area contributed by atoms with Crippen molar-refractivity contribution in [2.45, 2.75) is 31.4 Å². The number of carbonyl (C=O) groups excluding carboxylic acids is 1. The lowest BCUT2D eigenvalue weighted by Crippen LogP contribution is -2.43. The number of nitrogens with one attached hydrogen (secondary N) is 1. The molecule has 0 aromatic heterocycles. The van der Waals surface area contributed by atoms with E-state index < -0.39 is 0 Å². The molecular weight excluding hydrogens is 311 g/mol. The maximum absolute atomic E-state index is 12.3. The first-order chi connectivity index (χ1) is 9.72. The lowest BCUT2D eigenvalue weighted by Gasteiger charge is -2.20. The van der Waals surface area contributed by atoms with Crippen LogP contribution in [0.2, 0.25) is 5.02 Å². The Labute approximate surface area is 136 Å². The van der Waals surface area contributed by atoms with Crippen LogP contribution in [0.3, 0.4) is 0 Å². The minimum Gasteiger partial charge on any atom is -0.488 e. The molecule has 2 unspecified atom stereocenters. The second kappa shape index (κ2) is 7.34. The fourth-order valence-electron chi connectivity index (χ4n) is 2.87. The number of benzene rings is 1. The Bertz CT molecular complexity index is 492. The smallest absolute Gasteiger partial charge is 0.239 e. The highest BCUT2D eigenvalue weighted by Crippen LogP contribution is 2.22. The van der Waals surface area contributed by atoms with E-state index in [1.54, 1.807) is 0 Å². The Morgan fingerprint density at radius 1 is 1.38 bits per heavy atom. The molecule has 1 N–H and O–H groups in total. The third-order valence-corrected chi connectivity index (χ3v) is 4.15. The average molecular weight is 331 g/mol. The second-order valence-corrected chi connectivity index (χ2v) is 5.86. The summed E-state index contributed by atoms with van der Waals surface area (Å²) in [6, 6.07) is 7.42. The summed E-state index contributed by atoms with van der Waals surface area (Å²) in [5.41, 5.74) is 0. The average Bonchev–Trinajstić information content (AvgIpc) is 3.09. The van der Waals surface area contributed by atoms with Crippen molar-refractivity contribution in [1.82, 2.24) is 10.2 Å². The van der Waals surface area contributed by atoms with Crippen molar-refractivity contribution in [2.24, 2.45) is 0 Å². The fourth-order valence-corrected chi connectivity index (χ4v) is 3.05. The zero-order valence-corrected chi connectivity index (χ0v) is 13.3. The fraction of sp³-hybridized carbons (Fsp3) is 0.533. The number of carbonyl (C=O) groups is 1. The molecule has 1 aromatic rings. The van der Waals surface area contributed by atoms with Crippen LogP contribution in [0.1, 0.15) is 19.3 Å². The van der Waals surface area contributed by atoms with Crippen molar-refractivity contribution in [1.29, 1.82) is 0 Å². The van der Waals surface area contributed by atoms with E-state index in [1.807, 2.05) is 29.2 Å². The van der Waals surface area contributed by atoms with Crippen LogP contribution >= 0.6 is 24.0 Å². The van der Waals surface area contributed by atoms with E-state index >= 15 is 0 Å². The number of rotatable bonds is 3. The van der Waals surface area contributed by atoms with Crippen molar-refractivity contribution in [3.05, 3.63) is 29.3 Å². The molecule has 1 aromatic carbocycles. The standard InChI is InChI=1S/C15H19ClN2O2.ClH/c16-11-3-1-4-12(9-11)20-13-6-8-18(10-13)15(19)14-5-2-7-17-14;/h1,3-4,9,13-14,17H,2,5-8,10H2;1H. The molecule has 2 aliphatic rings. The maximum Gasteiger partial charge on any atom is 0.239 e. The van der Waals surface area contributed by atoms with Crippen LogP contribution in [0.25, 0.3) is 0 Å². The van der Waals surface area contributed by atoms with Gasteiger partial charge in [0.1, 0.15) is 11.9 Å². The zero-order valence-electron chi connectivity index (χ0n) is 11.8. The van der Waals surface area contributed by atoms with Crippen LogP contribution in [0.4, 0.5) is 0 Å². The molecule has 6 heteroatoms. The van der Waals surface area contributed by atoms with Gasteiger partial charge < -0.3 is 15.0 Å². The van der Waals surface area contributed by atoms with Gasteiger partial charge in [0.15, 0.2) is 0 Å². The van der Waals surface area contributed by atoms with E-state index in [-0.39, 0.29) is 30.5 Å². The van der Waals surface area contributed by atoms with Crippen LogP contribution in [0, 0.1) is 0 Å². The van der Waals surface area contributed by atoms with Gasteiger partial charge >= 0.3 is 0 Å². The highest BCUT2D eigenvalue weighted by atomic mass is 35.5. The summed E-state index contributed by atoms with van der Waals surface area (Å²) in [7, 11) is 0. The molecule has 3 rings (SSSR count). The summed E-state index contributed by atoms with van der Waals surface area (Å²) in [6.07, 6.45) is 2.99. The van der Waals surface area contributed by atoms with Gasteiger partial charge in [0.2, 0.25) is 5.91 Å². The second-order valence-electron chi connectivity index (χ2n) is 5.42. The molecule has 0 spiro atoms. The van der Waals surface area contributed by atoms with E-state index in [9.17, 15) is 4.79 Å². The first-order valence-electron chi connectivity index (χ1n) is 7.17. The van der Waals surface area contributed by atoms with Crippen LogP contribution in [-0.4, -0.2) is 42.6 Å². The van der Waals surface area contributed by atoms with E-state index in [1.165, 1.54) is 0 Å². The Kier molecular flexibility index (Phi) is 5.73. The van der Waals surface area contributed by atoms with Crippen LogP contribution in [-0.2, 0) is 4.79 Å². The molecule has 2 saturated heterocycles. The Morgan fingerprint density at radius 3 is 2.95 bits per heavy atom. The largest absolute Gasteiger partial charge is 0.488 e. The van der Waals surface area contributed by atoms with E-state index in [4.69, 9.17) is 16.3 Å². The molecule has 0 aliphatic carbocycles. The van der Waals surface area contributed by atoms with Gasteiger partial charge in [-0.25, -0.2) is 0 Å². The molecule has 2 atom stereocenters. The molecule has 21 heavy (non-hydrogen) atoms. The predicted molar refractivity (Wildman–Crippen MR) is 85.3 cm³/mol. The summed E-state index contributed by atoms with van der Waals surface area (Å²) in [6.45, 7) is 2.40. The highest BCUT2D eigenvalue weighted by Gasteiger charge is 2.32. The first-order valence-corrected chi connectivity index (χ1v) is 7.54. The minimum atomic E-state index is 0. The minimum absolute atomic E-state index is 0. The lowest BCUT2D eigenvalue weighted by molar-refractivity contribution is -0.132. The summed E-state index contributed by atoms with van der Waals surface area (Å²) in [4.78, 5) is 14.2. The molecule has 4 nitrogen and oxygen atoms in total. The van der Waals surface area contributed by atoms with Gasteiger partial charge in [0, 0.05) is 18.0 Å². The van der Waals surface area contributed by atoms with Gasteiger partial charge in [0.25, 0.3) is 0 Å². The third-order valence-electron chi connectivity index (χ3n) is 3.91. The van der Waals surface area contributed by atoms with E-state index in [0.29, 0.717) is 11.6 Å². The van der Waals surface area contributed by atoms with Gasteiger partial charge in [0.05, 0.1) is 12.6 Å². The van der Waals surface area contributed by atoms with Crippen LogP contribution < -0.4 is 10.1 Å². The normalized spacial score (nSPS) is 24.7. The number of hydrogen-bond donors (Lipinski definition) is 1. The van der Waals surface area contributed by atoms with E-state index in [2.05, 4.69) is 5.32 Å². The van der Waals surface area contributed by atoms with Gasteiger partial charge in [-0.05, 0) is 37.6 Å². The Morgan fingerprint density at radius 2 is 2.24 bits per heavy atom. The predicted octanol–water partition coefficient (Wildman–Crippen LogP) is 2.49. The molecule has 1 amide bonds. The quantitative estimate of drug-likeness (QED) is 0.925. The molecular formula is C15H20Cl2N2O2. The van der Waals surface area contributed by atoms with Gasteiger partial charge in [-0.3, -0.25) is 4.79 Å². The van der Waals surface area contributed by atoms with Gasteiger partial charge in [-0.15, -0.1) is 12.4 Å². The zero-order chi connectivity index (χ0) is 13.9. The molecule has 2 fully saturated rings. The summed E-state index contributed by atoms with van der Waals surface area (Å²) >= 11 is 5.94. The lowest BCUT2D eigenvalue weighted by atomic mass is 10.2. The summed E-state index contributed by atoms with van der Waals surface area (Å²) < 4.78 is 5.90. The van der Waals surface area contributed by atoms with Crippen molar-refractivity contribution >= 4 is 29.9 Å². The van der Waals surface area contributed by atoms with Gasteiger partial charge in [-0.1, -0.05) is 17.7 Å². The van der Waals surface area contributed by atoms with E-state index in [0.717, 1.165) is 38.1 Å². The highest BCUT2D eigenvalue weighted by molar-refractivity contribution is 6.30. The SMILES string of the molecule is Cl.O=C(C1CCCN1)N1CCC(Oc2cccc(Cl)c2)C1. The topological polar surface area (TPSA) is 41.6 Å². The van der Waals surface area contributed by atoms with Crippen molar-refractivity contribution < 1.29 is 9.53 Å². The molecule has 2 heterocycles. The van der Waals surface area contributed by atoms with Crippen molar-refractivity contribution in [2.75, 3.05) is 19.6 Å². The Hall–Kier alpha value is -0.970. The molecule has 2 aliphatic heterocycles. The van der Waals surface area contributed by atoms with Gasteiger partial charge in [-0.2, -0.15) is 0 Å². The van der Waals surface area contributed by atoms with Crippen LogP contribution in [0.5, 0.6) is 5.75 Å². The number of ether oxygens (including phenoxy) is 1. The number of hydrogen-bond acceptors (Lipinski definition) is 3.